The summed E-state index contributed by atoms with van der Waals surface area (Å²) in [4.78, 5) is 12.8. The number of hydrogen-bond donors (Lipinski definition) is 2. The van der Waals surface area contributed by atoms with E-state index in [0.717, 1.165) is 17.4 Å². The molecule has 1 heterocycles. The van der Waals surface area contributed by atoms with E-state index in [-0.39, 0.29) is 11.4 Å². The Labute approximate surface area is 167 Å². The normalized spacial score (nSPS) is 30.3. The molecular formula is C25H30N2O. The van der Waals surface area contributed by atoms with Gasteiger partial charge in [0.1, 0.15) is 0 Å². The average molecular weight is 375 g/mol. The van der Waals surface area contributed by atoms with Crippen LogP contribution in [0.25, 0.3) is 0 Å². The first kappa shape index (κ1) is 17.8. The number of anilines is 1. The monoisotopic (exact) mass is 374 g/mol. The maximum absolute atomic E-state index is 12.8. The van der Waals surface area contributed by atoms with Gasteiger partial charge in [-0.25, -0.2) is 0 Å². The van der Waals surface area contributed by atoms with Gasteiger partial charge in [0.25, 0.3) is 5.91 Å². The number of rotatable bonds is 2. The molecule has 5 rings (SSSR count). The van der Waals surface area contributed by atoms with Crippen molar-refractivity contribution >= 4 is 11.6 Å². The van der Waals surface area contributed by atoms with Gasteiger partial charge in [-0.3, -0.25) is 4.79 Å². The first-order valence-electron chi connectivity index (χ1n) is 10.7. The van der Waals surface area contributed by atoms with Crippen molar-refractivity contribution in [3.8, 4) is 0 Å². The maximum atomic E-state index is 12.8. The Morgan fingerprint density at radius 2 is 1.79 bits per heavy atom. The van der Waals surface area contributed by atoms with Gasteiger partial charge in [0.15, 0.2) is 0 Å². The largest absolute Gasteiger partial charge is 0.378 e. The van der Waals surface area contributed by atoms with Crippen LogP contribution in [0, 0.1) is 17.8 Å². The zero-order valence-electron chi connectivity index (χ0n) is 17.0. The SMILES string of the molecule is CC(C)(C)NC(=O)c1ccc2c(c1)[C@H]1[C@@H]3CC[C@H](C3)[C@@H]1[C@H](c1ccccc1)N2. The Balaban J connectivity index is 1.54. The van der Waals surface area contributed by atoms with E-state index < -0.39 is 0 Å². The summed E-state index contributed by atoms with van der Waals surface area (Å²) in [6.45, 7) is 6.09. The molecule has 2 saturated carbocycles. The number of benzene rings is 2. The van der Waals surface area contributed by atoms with E-state index in [1.54, 1.807) is 0 Å². The van der Waals surface area contributed by atoms with E-state index in [4.69, 9.17) is 0 Å². The predicted octanol–water partition coefficient (Wildman–Crippen LogP) is 5.51. The molecule has 0 spiro atoms. The number of hydrogen-bond acceptors (Lipinski definition) is 2. The van der Waals surface area contributed by atoms with Gasteiger partial charge in [-0.1, -0.05) is 30.3 Å². The van der Waals surface area contributed by atoms with E-state index in [1.807, 2.05) is 26.8 Å². The van der Waals surface area contributed by atoms with Crippen LogP contribution in [0.3, 0.4) is 0 Å². The fourth-order valence-electron chi connectivity index (χ4n) is 6.03. The molecule has 0 radical (unpaired) electrons. The van der Waals surface area contributed by atoms with Crippen LogP contribution < -0.4 is 10.6 Å². The Bertz CT molecular complexity index is 899. The minimum atomic E-state index is -0.224. The lowest BCUT2D eigenvalue weighted by molar-refractivity contribution is 0.0919. The number of carbonyl (C=O) groups is 1. The summed E-state index contributed by atoms with van der Waals surface area (Å²) in [7, 11) is 0. The van der Waals surface area contributed by atoms with Crippen molar-refractivity contribution < 1.29 is 4.79 Å². The van der Waals surface area contributed by atoms with Gasteiger partial charge in [-0.15, -0.1) is 0 Å². The first-order chi connectivity index (χ1) is 13.4. The summed E-state index contributed by atoms with van der Waals surface area (Å²) < 4.78 is 0. The Hall–Kier alpha value is -2.29. The molecule has 1 amide bonds. The van der Waals surface area contributed by atoms with Crippen molar-refractivity contribution in [3.05, 3.63) is 65.2 Å². The van der Waals surface area contributed by atoms with Gasteiger partial charge in [0, 0.05) is 16.8 Å². The highest BCUT2D eigenvalue weighted by atomic mass is 16.1. The van der Waals surface area contributed by atoms with Gasteiger partial charge >= 0.3 is 0 Å². The van der Waals surface area contributed by atoms with Crippen molar-refractivity contribution in [2.24, 2.45) is 17.8 Å². The molecule has 2 aromatic rings. The fraction of sp³-hybridized carbons (Fsp3) is 0.480. The molecule has 146 valence electrons. The quantitative estimate of drug-likeness (QED) is 0.727. The molecular weight excluding hydrogens is 344 g/mol. The molecule has 2 bridgehead atoms. The molecule has 1 aliphatic heterocycles. The molecule has 2 aliphatic carbocycles. The molecule has 2 aromatic carbocycles. The van der Waals surface area contributed by atoms with Gasteiger partial charge in [0.2, 0.25) is 0 Å². The Morgan fingerprint density at radius 1 is 1.04 bits per heavy atom. The molecule has 2 fully saturated rings. The van der Waals surface area contributed by atoms with Crippen LogP contribution in [-0.2, 0) is 0 Å². The lowest BCUT2D eigenvalue weighted by atomic mass is 9.68. The molecule has 5 atom stereocenters. The maximum Gasteiger partial charge on any atom is 0.251 e. The van der Waals surface area contributed by atoms with Crippen molar-refractivity contribution in [3.63, 3.8) is 0 Å². The highest BCUT2D eigenvalue weighted by Gasteiger charge is 2.53. The summed E-state index contributed by atoms with van der Waals surface area (Å²) in [5, 5.41) is 6.96. The van der Waals surface area contributed by atoms with Gasteiger partial charge < -0.3 is 10.6 Å². The number of amides is 1. The van der Waals surface area contributed by atoms with E-state index in [0.29, 0.717) is 17.9 Å². The summed E-state index contributed by atoms with van der Waals surface area (Å²) in [5.74, 6) is 2.80. The zero-order valence-corrected chi connectivity index (χ0v) is 17.0. The lowest BCUT2D eigenvalue weighted by Gasteiger charge is -2.43. The molecule has 3 heteroatoms. The molecule has 0 aromatic heterocycles. The highest BCUT2D eigenvalue weighted by molar-refractivity contribution is 5.95. The first-order valence-corrected chi connectivity index (χ1v) is 10.7. The van der Waals surface area contributed by atoms with E-state index in [1.165, 1.54) is 36.1 Å². The van der Waals surface area contributed by atoms with Crippen LogP contribution in [0.5, 0.6) is 0 Å². The van der Waals surface area contributed by atoms with Crippen LogP contribution in [0.2, 0.25) is 0 Å². The summed E-state index contributed by atoms with van der Waals surface area (Å²) >= 11 is 0. The van der Waals surface area contributed by atoms with Gasteiger partial charge in [-0.05, 0) is 93.0 Å². The minimum absolute atomic E-state index is 0.0280. The number of nitrogens with one attached hydrogen (secondary N) is 2. The number of carbonyl (C=O) groups excluding carboxylic acids is 1. The van der Waals surface area contributed by atoms with Crippen LogP contribution in [0.15, 0.2) is 48.5 Å². The minimum Gasteiger partial charge on any atom is -0.378 e. The van der Waals surface area contributed by atoms with Crippen molar-refractivity contribution in [2.45, 2.75) is 57.5 Å². The van der Waals surface area contributed by atoms with Crippen molar-refractivity contribution in [1.82, 2.24) is 5.32 Å². The Kier molecular flexibility index (Phi) is 4.04. The van der Waals surface area contributed by atoms with E-state index in [9.17, 15) is 4.79 Å². The molecule has 3 aliphatic rings. The van der Waals surface area contributed by atoms with Crippen molar-refractivity contribution in [2.75, 3.05) is 5.32 Å². The standard InChI is InChI=1S/C25H30N2O/c1-25(2,3)27-24(28)18-11-12-20-19(14-18)21-16-9-10-17(13-16)22(21)23(26-20)15-7-5-4-6-8-15/h4-8,11-12,14,16-17,21-23,26H,9-10,13H2,1-3H3,(H,27,28)/t16-,17-,21-,22+,23+/m1/s1. The third-order valence-electron chi connectivity index (χ3n) is 7.00. The second-order valence-electron chi connectivity index (χ2n) is 9.98. The van der Waals surface area contributed by atoms with Gasteiger partial charge in [-0.2, -0.15) is 0 Å². The van der Waals surface area contributed by atoms with Crippen LogP contribution in [-0.4, -0.2) is 11.4 Å². The molecule has 28 heavy (non-hydrogen) atoms. The second-order valence-corrected chi connectivity index (χ2v) is 9.98. The molecule has 2 N–H and O–H groups in total. The zero-order chi connectivity index (χ0) is 19.5. The lowest BCUT2D eigenvalue weighted by Crippen LogP contribution is -2.41. The summed E-state index contributed by atoms with van der Waals surface area (Å²) in [6, 6.07) is 17.6. The second kappa shape index (κ2) is 6.37. The topological polar surface area (TPSA) is 41.1 Å². The summed E-state index contributed by atoms with van der Waals surface area (Å²) in [5.41, 5.74) is 4.54. The molecule has 0 unspecified atom stereocenters. The smallest absolute Gasteiger partial charge is 0.251 e. The Morgan fingerprint density at radius 3 is 2.54 bits per heavy atom. The molecule has 3 nitrogen and oxygen atoms in total. The average Bonchev–Trinajstić information content (AvgIpc) is 3.29. The van der Waals surface area contributed by atoms with Crippen LogP contribution in [0.4, 0.5) is 5.69 Å². The van der Waals surface area contributed by atoms with Gasteiger partial charge in [0.05, 0.1) is 6.04 Å². The predicted molar refractivity (Wildman–Crippen MR) is 114 cm³/mol. The highest BCUT2D eigenvalue weighted by Crippen LogP contribution is 2.63. The van der Waals surface area contributed by atoms with E-state index in [2.05, 4.69) is 53.1 Å². The third kappa shape index (κ3) is 2.92. The molecule has 0 saturated heterocycles. The summed E-state index contributed by atoms with van der Waals surface area (Å²) in [6.07, 6.45) is 4.04. The van der Waals surface area contributed by atoms with Crippen LogP contribution >= 0.6 is 0 Å². The van der Waals surface area contributed by atoms with Crippen molar-refractivity contribution in [1.29, 1.82) is 0 Å². The van der Waals surface area contributed by atoms with Crippen LogP contribution in [0.1, 0.15) is 73.5 Å². The van der Waals surface area contributed by atoms with E-state index >= 15 is 0 Å². The fourth-order valence-corrected chi connectivity index (χ4v) is 6.03. The number of fused-ring (bicyclic) bond motifs is 7. The third-order valence-corrected chi connectivity index (χ3v) is 7.00.